The fourth-order valence-electron chi connectivity index (χ4n) is 2.28. The highest BCUT2D eigenvalue weighted by Crippen LogP contribution is 2.07. The Labute approximate surface area is 153 Å². The van der Waals surface area contributed by atoms with Crippen LogP contribution in [-0.4, -0.2) is 24.4 Å². The number of halogens is 1. The van der Waals surface area contributed by atoms with Gasteiger partial charge in [0.25, 0.3) is 5.91 Å². The maximum Gasteiger partial charge on any atom is 0.287 e. The van der Waals surface area contributed by atoms with Gasteiger partial charge in [0.2, 0.25) is 5.91 Å². The van der Waals surface area contributed by atoms with Crippen LogP contribution in [0.5, 0.6) is 0 Å². The van der Waals surface area contributed by atoms with E-state index in [4.69, 9.17) is 10.2 Å². The number of carbonyl (C=O) groups is 2. The summed E-state index contributed by atoms with van der Waals surface area (Å²) in [6.07, 6.45) is 2.12. The molecular weight excluding hydrogens is 342 g/mol. The molecule has 0 aliphatic carbocycles. The predicted molar refractivity (Wildman–Crippen MR) is 99.6 cm³/mol. The molecule has 2 aromatic rings. The Bertz CT molecular complexity index is 669. The van der Waals surface area contributed by atoms with Crippen LogP contribution in [0.15, 0.2) is 47.1 Å². The number of benzene rings is 1. The van der Waals surface area contributed by atoms with Crippen molar-refractivity contribution in [3.05, 3.63) is 54.0 Å². The van der Waals surface area contributed by atoms with Gasteiger partial charge in [-0.2, -0.15) is 0 Å². The third-order valence-corrected chi connectivity index (χ3v) is 3.67. The number of hydrogen-bond acceptors (Lipinski definition) is 4. The van der Waals surface area contributed by atoms with E-state index < -0.39 is 11.9 Å². The number of nitrogens with two attached hydrogens (primary N) is 1. The van der Waals surface area contributed by atoms with E-state index in [2.05, 4.69) is 10.6 Å². The van der Waals surface area contributed by atoms with Crippen molar-refractivity contribution in [1.29, 1.82) is 0 Å². The number of rotatable bonds is 7. The predicted octanol–water partition coefficient (Wildman–Crippen LogP) is 2.40. The number of carbonyl (C=O) groups excluding carboxylic acids is 2. The van der Waals surface area contributed by atoms with Crippen molar-refractivity contribution in [2.24, 2.45) is 5.92 Å². The number of hydrogen-bond donors (Lipinski definition) is 3. The summed E-state index contributed by atoms with van der Waals surface area (Å²) in [5.74, 6) is -0.455. The normalized spacial score (nSPS) is 11.5. The van der Waals surface area contributed by atoms with Crippen LogP contribution in [0, 0.1) is 5.92 Å². The topological polar surface area (TPSA) is 97.4 Å². The molecule has 136 valence electrons. The third kappa shape index (κ3) is 6.15. The van der Waals surface area contributed by atoms with Crippen molar-refractivity contribution in [1.82, 2.24) is 10.6 Å². The number of nitrogen functional groups attached to an aromatic ring is 1. The fourth-order valence-corrected chi connectivity index (χ4v) is 2.28. The molecule has 1 unspecified atom stereocenters. The zero-order valence-electron chi connectivity index (χ0n) is 14.3. The summed E-state index contributed by atoms with van der Waals surface area (Å²) < 4.78 is 5.05. The highest BCUT2D eigenvalue weighted by atomic mass is 35.5. The van der Waals surface area contributed by atoms with Gasteiger partial charge in [-0.05, 0) is 42.2 Å². The molecule has 1 heterocycles. The first-order valence-corrected chi connectivity index (χ1v) is 7.94. The molecule has 4 N–H and O–H groups in total. The lowest BCUT2D eigenvalue weighted by molar-refractivity contribution is -0.123. The lowest BCUT2D eigenvalue weighted by atomic mass is 10.0. The van der Waals surface area contributed by atoms with Crippen molar-refractivity contribution < 1.29 is 14.0 Å². The molecule has 1 aromatic heterocycles. The van der Waals surface area contributed by atoms with Gasteiger partial charge in [0.15, 0.2) is 5.76 Å². The van der Waals surface area contributed by atoms with Crippen molar-refractivity contribution in [2.45, 2.75) is 26.3 Å². The van der Waals surface area contributed by atoms with Gasteiger partial charge >= 0.3 is 0 Å². The number of furan rings is 1. The Morgan fingerprint density at radius 1 is 1.16 bits per heavy atom. The van der Waals surface area contributed by atoms with Crippen molar-refractivity contribution >= 4 is 29.9 Å². The fraction of sp³-hybridized carbons (Fsp3) is 0.333. The monoisotopic (exact) mass is 365 g/mol. The van der Waals surface area contributed by atoms with E-state index in [1.54, 1.807) is 12.1 Å². The van der Waals surface area contributed by atoms with E-state index in [1.807, 2.05) is 38.1 Å². The molecule has 2 amide bonds. The zero-order chi connectivity index (χ0) is 17.5. The SMILES string of the molecule is CC(C)C(NC(=O)c1ccco1)C(=O)NCCc1ccc(N)cc1.Cl. The highest BCUT2D eigenvalue weighted by Gasteiger charge is 2.25. The second kappa shape index (κ2) is 9.74. The van der Waals surface area contributed by atoms with Gasteiger partial charge in [0.05, 0.1) is 6.26 Å². The maximum atomic E-state index is 12.4. The van der Waals surface area contributed by atoms with Crippen LogP contribution in [-0.2, 0) is 11.2 Å². The van der Waals surface area contributed by atoms with E-state index in [0.29, 0.717) is 18.7 Å². The minimum atomic E-state index is -0.617. The molecule has 0 fully saturated rings. The molecule has 0 aliphatic heterocycles. The molecule has 7 heteroatoms. The molecule has 0 radical (unpaired) electrons. The second-order valence-corrected chi connectivity index (χ2v) is 5.96. The summed E-state index contributed by atoms with van der Waals surface area (Å²) in [5, 5.41) is 5.58. The van der Waals surface area contributed by atoms with Crippen LogP contribution in [0.25, 0.3) is 0 Å². The van der Waals surface area contributed by atoms with Crippen molar-refractivity contribution in [3.8, 4) is 0 Å². The van der Waals surface area contributed by atoms with Gasteiger partial charge in [-0.1, -0.05) is 26.0 Å². The Morgan fingerprint density at radius 3 is 2.40 bits per heavy atom. The Kier molecular flexibility index (Phi) is 8.01. The number of anilines is 1. The molecule has 0 saturated carbocycles. The summed E-state index contributed by atoms with van der Waals surface area (Å²) >= 11 is 0. The first kappa shape index (κ1) is 20.6. The zero-order valence-corrected chi connectivity index (χ0v) is 15.1. The first-order valence-electron chi connectivity index (χ1n) is 7.94. The smallest absolute Gasteiger partial charge is 0.287 e. The van der Waals surface area contributed by atoms with Gasteiger partial charge in [-0.25, -0.2) is 0 Å². The van der Waals surface area contributed by atoms with E-state index in [0.717, 1.165) is 5.56 Å². The first-order chi connectivity index (χ1) is 11.5. The average molecular weight is 366 g/mol. The van der Waals surface area contributed by atoms with Gasteiger partial charge in [-0.3, -0.25) is 9.59 Å². The summed E-state index contributed by atoms with van der Waals surface area (Å²) in [5.41, 5.74) is 7.45. The van der Waals surface area contributed by atoms with Crippen molar-refractivity contribution in [3.63, 3.8) is 0 Å². The molecule has 0 saturated heterocycles. The quantitative estimate of drug-likeness (QED) is 0.656. The standard InChI is InChI=1S/C18H23N3O3.ClH/c1-12(2)16(21-17(22)15-4-3-11-24-15)18(23)20-10-9-13-5-7-14(19)8-6-13;/h3-8,11-12,16H,9-10,19H2,1-2H3,(H,20,23)(H,21,22);1H. The van der Waals surface area contributed by atoms with E-state index >= 15 is 0 Å². The molecule has 25 heavy (non-hydrogen) atoms. The third-order valence-electron chi connectivity index (χ3n) is 3.67. The molecule has 1 atom stereocenters. The van der Waals surface area contributed by atoms with Crippen molar-refractivity contribution in [2.75, 3.05) is 12.3 Å². The largest absolute Gasteiger partial charge is 0.459 e. The van der Waals surface area contributed by atoms with Gasteiger partial charge < -0.3 is 20.8 Å². The summed E-state index contributed by atoms with van der Waals surface area (Å²) in [7, 11) is 0. The maximum absolute atomic E-state index is 12.4. The Hall–Kier alpha value is -2.47. The molecular formula is C18H24ClN3O3. The molecule has 1 aromatic carbocycles. The van der Waals surface area contributed by atoms with Crippen LogP contribution in [0.3, 0.4) is 0 Å². The lowest BCUT2D eigenvalue weighted by Gasteiger charge is -2.21. The summed E-state index contributed by atoms with van der Waals surface area (Å²) in [6.45, 7) is 4.25. The molecule has 6 nitrogen and oxygen atoms in total. The van der Waals surface area contributed by atoms with E-state index in [-0.39, 0.29) is 30.0 Å². The van der Waals surface area contributed by atoms with E-state index in [1.165, 1.54) is 6.26 Å². The Balaban J connectivity index is 0.00000312. The van der Waals surface area contributed by atoms with Gasteiger partial charge in [-0.15, -0.1) is 12.4 Å². The summed E-state index contributed by atoms with van der Waals surface area (Å²) in [4.78, 5) is 24.4. The molecule has 2 rings (SSSR count). The van der Waals surface area contributed by atoms with Crippen LogP contribution >= 0.6 is 12.4 Å². The minimum Gasteiger partial charge on any atom is -0.459 e. The molecule has 0 aliphatic rings. The lowest BCUT2D eigenvalue weighted by Crippen LogP contribution is -2.50. The number of amides is 2. The highest BCUT2D eigenvalue weighted by molar-refractivity contribution is 5.95. The minimum absolute atomic E-state index is 0. The van der Waals surface area contributed by atoms with Crippen LogP contribution in [0.4, 0.5) is 5.69 Å². The second-order valence-electron chi connectivity index (χ2n) is 5.96. The van der Waals surface area contributed by atoms with Crippen LogP contribution in [0.1, 0.15) is 30.0 Å². The molecule has 0 bridgehead atoms. The van der Waals surface area contributed by atoms with Gasteiger partial charge in [0, 0.05) is 12.2 Å². The van der Waals surface area contributed by atoms with Crippen LogP contribution in [0.2, 0.25) is 0 Å². The molecule has 0 spiro atoms. The van der Waals surface area contributed by atoms with Gasteiger partial charge in [0.1, 0.15) is 6.04 Å². The Morgan fingerprint density at radius 2 is 1.84 bits per heavy atom. The van der Waals surface area contributed by atoms with Crippen LogP contribution < -0.4 is 16.4 Å². The summed E-state index contributed by atoms with van der Waals surface area (Å²) in [6, 6.07) is 10.1. The number of nitrogens with one attached hydrogen (secondary N) is 2. The average Bonchev–Trinajstić information content (AvgIpc) is 3.08. The van der Waals surface area contributed by atoms with E-state index in [9.17, 15) is 9.59 Å².